The van der Waals surface area contributed by atoms with Crippen LogP contribution in [0.5, 0.6) is 0 Å². The maximum atomic E-state index is 10.2. The molecule has 0 aromatic heterocycles. The van der Waals surface area contributed by atoms with E-state index in [2.05, 4.69) is 13.8 Å². The van der Waals surface area contributed by atoms with Crippen LogP contribution in [0.3, 0.4) is 0 Å². The molecule has 0 saturated carbocycles. The minimum absolute atomic E-state index is 0. The minimum atomic E-state index is -0.902. The molecule has 4 nitrogen and oxygen atoms in total. The molecule has 0 spiro atoms. The fraction of sp³-hybridized carbons (Fsp3) is 0.950. The summed E-state index contributed by atoms with van der Waals surface area (Å²) in [5.74, 6) is -1.80. The normalized spacial score (nSPS) is 10.5. The number of hydrogen-bond donors (Lipinski definition) is 0. The topological polar surface area (TPSA) is 80.3 Å². The van der Waals surface area contributed by atoms with E-state index in [1.165, 1.54) is 193 Å². The molecule has 0 fully saturated rings. The third-order valence-electron chi connectivity index (χ3n) is 8.97. The van der Waals surface area contributed by atoms with Crippen molar-refractivity contribution in [2.24, 2.45) is 0 Å². The van der Waals surface area contributed by atoms with Crippen molar-refractivity contribution in [1.29, 1.82) is 0 Å². The number of carboxylic acid groups (broad SMARTS) is 2. The number of aliphatic carboxylic acids is 2. The van der Waals surface area contributed by atoms with Crippen molar-refractivity contribution < 1.29 is 78.9 Å². The summed E-state index contributed by atoms with van der Waals surface area (Å²) >= 11 is 0. The Morgan fingerprint density at radius 1 is 0.283 bits per heavy atom. The van der Waals surface area contributed by atoms with Crippen molar-refractivity contribution >= 4 is 11.9 Å². The maximum Gasteiger partial charge on any atom is 1.00 e. The molecule has 0 aromatic carbocycles. The van der Waals surface area contributed by atoms with Gasteiger partial charge in [0, 0.05) is 11.9 Å². The standard InChI is InChI=1S/2C20H40O2.2Na/c2*1-2-3-4-5-6-7-8-9-10-11-12-13-14-15-16-17-18-19-20(21)22;;/h2*2-19H2,1H3,(H,21,22);;/q;;2*+1/p-2. The molecule has 0 bridgehead atoms. The van der Waals surface area contributed by atoms with Crippen molar-refractivity contribution in [3.8, 4) is 0 Å². The van der Waals surface area contributed by atoms with Crippen molar-refractivity contribution in [3.63, 3.8) is 0 Å². The van der Waals surface area contributed by atoms with Gasteiger partial charge in [0.15, 0.2) is 0 Å². The van der Waals surface area contributed by atoms with Crippen LogP contribution < -0.4 is 69.3 Å². The zero-order valence-electron chi connectivity index (χ0n) is 32.1. The van der Waals surface area contributed by atoms with E-state index in [4.69, 9.17) is 0 Å². The van der Waals surface area contributed by atoms with Crippen LogP contribution >= 0.6 is 0 Å². The molecule has 6 heteroatoms. The van der Waals surface area contributed by atoms with Gasteiger partial charge in [0.2, 0.25) is 0 Å². The van der Waals surface area contributed by atoms with Gasteiger partial charge in [-0.05, 0) is 25.7 Å². The fourth-order valence-electron chi connectivity index (χ4n) is 5.99. The molecule has 0 unspecified atom stereocenters. The molecule has 0 rings (SSSR count). The first-order valence-electron chi connectivity index (χ1n) is 19.9. The van der Waals surface area contributed by atoms with E-state index < -0.39 is 11.9 Å². The average molecular weight is 669 g/mol. The summed E-state index contributed by atoms with van der Waals surface area (Å²) in [7, 11) is 0. The van der Waals surface area contributed by atoms with Crippen LogP contribution in [0.1, 0.15) is 245 Å². The Kier molecular flexibility index (Phi) is 58.8. The van der Waals surface area contributed by atoms with E-state index in [1.807, 2.05) is 0 Å². The first-order chi connectivity index (χ1) is 21.5. The van der Waals surface area contributed by atoms with Gasteiger partial charge in [0.05, 0.1) is 0 Å². The molecule has 0 aromatic rings. The van der Waals surface area contributed by atoms with E-state index in [1.54, 1.807) is 0 Å². The van der Waals surface area contributed by atoms with E-state index in [0.717, 1.165) is 25.7 Å². The van der Waals surface area contributed by atoms with Crippen LogP contribution in [-0.4, -0.2) is 11.9 Å². The van der Waals surface area contributed by atoms with Gasteiger partial charge in [0.1, 0.15) is 0 Å². The molecule has 0 aliphatic rings. The second kappa shape index (κ2) is 50.3. The van der Waals surface area contributed by atoms with E-state index in [9.17, 15) is 19.8 Å². The van der Waals surface area contributed by atoms with Gasteiger partial charge in [-0.1, -0.05) is 219 Å². The number of carboxylic acids is 2. The Hall–Kier alpha value is 0.940. The Balaban J connectivity index is -0.000000367. The monoisotopic (exact) mass is 669 g/mol. The number of hydrogen-bond acceptors (Lipinski definition) is 4. The first kappa shape index (κ1) is 53.7. The summed E-state index contributed by atoms with van der Waals surface area (Å²) in [6.07, 6.45) is 45.6. The maximum absolute atomic E-state index is 10.2. The van der Waals surface area contributed by atoms with Crippen LogP contribution in [0.15, 0.2) is 0 Å². The number of rotatable bonds is 36. The molecule has 0 aliphatic carbocycles. The van der Waals surface area contributed by atoms with Crippen LogP contribution in [0.4, 0.5) is 0 Å². The predicted molar refractivity (Wildman–Crippen MR) is 188 cm³/mol. The molecular formula is C40H78Na2O4. The fourth-order valence-corrected chi connectivity index (χ4v) is 5.99. The zero-order valence-corrected chi connectivity index (χ0v) is 36.1. The average Bonchev–Trinajstić information content (AvgIpc) is 3.00. The third kappa shape index (κ3) is 57.2. The van der Waals surface area contributed by atoms with Crippen molar-refractivity contribution in [3.05, 3.63) is 0 Å². The number of carbonyl (C=O) groups excluding carboxylic acids is 2. The Bertz CT molecular complexity index is 511. The summed E-state index contributed by atoms with van der Waals surface area (Å²) in [5.41, 5.74) is 0. The summed E-state index contributed by atoms with van der Waals surface area (Å²) in [4.78, 5) is 20.5. The minimum Gasteiger partial charge on any atom is -0.550 e. The van der Waals surface area contributed by atoms with Gasteiger partial charge < -0.3 is 19.8 Å². The van der Waals surface area contributed by atoms with Crippen LogP contribution in [-0.2, 0) is 9.59 Å². The molecule has 46 heavy (non-hydrogen) atoms. The van der Waals surface area contributed by atoms with E-state index in [0.29, 0.717) is 0 Å². The predicted octanol–water partition coefficient (Wildman–Crippen LogP) is 5.56. The molecule has 0 heterocycles. The van der Waals surface area contributed by atoms with Gasteiger partial charge in [-0.2, -0.15) is 0 Å². The Morgan fingerprint density at radius 3 is 0.543 bits per heavy atom. The van der Waals surface area contributed by atoms with Gasteiger partial charge in [-0.15, -0.1) is 0 Å². The molecular weight excluding hydrogens is 590 g/mol. The van der Waals surface area contributed by atoms with E-state index in [-0.39, 0.29) is 72.0 Å². The molecule has 0 aliphatic heterocycles. The van der Waals surface area contributed by atoms with Gasteiger partial charge in [-0.3, -0.25) is 0 Å². The smallest absolute Gasteiger partial charge is 0.550 e. The molecule has 0 atom stereocenters. The molecule has 0 N–H and O–H groups in total. The first-order valence-corrected chi connectivity index (χ1v) is 19.9. The Morgan fingerprint density at radius 2 is 0.413 bits per heavy atom. The summed E-state index contributed by atoms with van der Waals surface area (Å²) in [6, 6.07) is 0. The van der Waals surface area contributed by atoms with Crippen molar-refractivity contribution in [1.82, 2.24) is 0 Å². The second-order valence-corrected chi connectivity index (χ2v) is 13.6. The van der Waals surface area contributed by atoms with Crippen LogP contribution in [0, 0.1) is 0 Å². The number of carbonyl (C=O) groups is 2. The summed E-state index contributed by atoms with van der Waals surface area (Å²) in [6.45, 7) is 4.55. The SMILES string of the molecule is CCCCCCCCCCCCCCCCCCCC(=O)[O-].CCCCCCCCCCCCCCCCCCCC(=O)[O-].[Na+].[Na+]. The van der Waals surface area contributed by atoms with E-state index >= 15 is 0 Å². The van der Waals surface area contributed by atoms with Crippen molar-refractivity contribution in [2.45, 2.75) is 245 Å². The summed E-state index contributed by atoms with van der Waals surface area (Å²) < 4.78 is 0. The summed E-state index contributed by atoms with van der Waals surface area (Å²) in [5, 5.41) is 20.5. The van der Waals surface area contributed by atoms with Gasteiger partial charge in [-0.25, -0.2) is 0 Å². The van der Waals surface area contributed by atoms with Crippen molar-refractivity contribution in [2.75, 3.05) is 0 Å². The number of unbranched alkanes of at least 4 members (excludes halogenated alkanes) is 32. The zero-order chi connectivity index (χ0) is 32.6. The van der Waals surface area contributed by atoms with Crippen LogP contribution in [0.25, 0.3) is 0 Å². The third-order valence-corrected chi connectivity index (χ3v) is 8.97. The van der Waals surface area contributed by atoms with Crippen LogP contribution in [0.2, 0.25) is 0 Å². The molecule has 0 amide bonds. The Labute approximate surface area is 333 Å². The van der Waals surface area contributed by atoms with Gasteiger partial charge in [0.25, 0.3) is 0 Å². The molecule has 0 radical (unpaired) electrons. The largest absolute Gasteiger partial charge is 1.00 e. The van der Waals surface area contributed by atoms with Gasteiger partial charge >= 0.3 is 59.1 Å². The quantitative estimate of drug-likeness (QED) is 0.0647. The molecule has 0 saturated heterocycles. The second-order valence-electron chi connectivity index (χ2n) is 13.6. The molecule has 264 valence electrons.